The molecular weight excluding hydrogens is 356 g/mol. The highest BCUT2D eigenvalue weighted by Crippen LogP contribution is 2.23. The number of hydrogen-bond acceptors (Lipinski definition) is 5. The van der Waals surface area contributed by atoms with Gasteiger partial charge in [0, 0.05) is 38.4 Å². The van der Waals surface area contributed by atoms with Crippen molar-refractivity contribution in [2.45, 2.75) is 51.3 Å². The van der Waals surface area contributed by atoms with Gasteiger partial charge in [-0.15, -0.1) is 10.2 Å². The molecule has 1 aliphatic heterocycles. The zero-order valence-electron chi connectivity index (χ0n) is 17.0. The highest BCUT2D eigenvalue weighted by Gasteiger charge is 2.27. The van der Waals surface area contributed by atoms with Gasteiger partial charge < -0.3 is 19.5 Å². The van der Waals surface area contributed by atoms with Crippen molar-refractivity contribution in [3.05, 3.63) is 29.6 Å². The topological polar surface area (TPSA) is 85.4 Å². The first-order chi connectivity index (χ1) is 13.6. The first-order valence-electron chi connectivity index (χ1n) is 10.1. The summed E-state index contributed by atoms with van der Waals surface area (Å²) < 4.78 is 9.82. The number of aliphatic imine (C=N–C) groups is 1. The van der Waals surface area contributed by atoms with Gasteiger partial charge in [0.2, 0.25) is 0 Å². The standard InChI is InChI=1S/C19H30N8O/c1-14-23-24-18(26(14)3)11-20-19(22-16-6-4-5-7-16)27-8-9-28-17(13-27)15-10-21-25(2)12-15/h10,12,16-17H,4-9,11,13H2,1-3H3,(H,20,22). The number of nitrogens with zero attached hydrogens (tertiary/aromatic N) is 7. The molecule has 4 rings (SSSR count). The Morgan fingerprint density at radius 1 is 1.29 bits per heavy atom. The normalized spacial score (nSPS) is 21.5. The smallest absolute Gasteiger partial charge is 0.194 e. The molecule has 0 radical (unpaired) electrons. The Morgan fingerprint density at radius 2 is 2.11 bits per heavy atom. The average Bonchev–Trinajstić information content (AvgIpc) is 3.43. The molecule has 0 amide bonds. The third-order valence-corrected chi connectivity index (χ3v) is 5.70. The van der Waals surface area contributed by atoms with Crippen molar-refractivity contribution < 1.29 is 4.74 Å². The molecule has 1 unspecified atom stereocenters. The van der Waals surface area contributed by atoms with E-state index in [0.29, 0.717) is 19.2 Å². The number of aromatic nitrogens is 5. The van der Waals surface area contributed by atoms with Crippen LogP contribution >= 0.6 is 0 Å². The van der Waals surface area contributed by atoms with E-state index in [1.54, 1.807) is 0 Å². The maximum absolute atomic E-state index is 6.01. The monoisotopic (exact) mass is 386 g/mol. The van der Waals surface area contributed by atoms with Crippen LogP contribution in [0.25, 0.3) is 0 Å². The zero-order valence-corrected chi connectivity index (χ0v) is 17.0. The number of guanidine groups is 1. The van der Waals surface area contributed by atoms with Gasteiger partial charge in [-0.3, -0.25) is 4.68 Å². The second-order valence-electron chi connectivity index (χ2n) is 7.74. The molecule has 0 bridgehead atoms. The highest BCUT2D eigenvalue weighted by atomic mass is 16.5. The van der Waals surface area contributed by atoms with E-state index in [1.165, 1.54) is 25.7 Å². The van der Waals surface area contributed by atoms with E-state index in [-0.39, 0.29) is 6.10 Å². The van der Waals surface area contributed by atoms with Crippen LogP contribution in [-0.2, 0) is 25.4 Å². The second-order valence-corrected chi connectivity index (χ2v) is 7.74. The van der Waals surface area contributed by atoms with Gasteiger partial charge in [0.15, 0.2) is 11.8 Å². The van der Waals surface area contributed by atoms with Gasteiger partial charge in [-0.2, -0.15) is 5.10 Å². The molecule has 152 valence electrons. The van der Waals surface area contributed by atoms with Gasteiger partial charge in [-0.1, -0.05) is 12.8 Å². The van der Waals surface area contributed by atoms with E-state index in [1.807, 2.05) is 42.7 Å². The second kappa shape index (κ2) is 8.30. The highest BCUT2D eigenvalue weighted by molar-refractivity contribution is 5.80. The molecule has 2 aromatic heterocycles. The van der Waals surface area contributed by atoms with E-state index in [4.69, 9.17) is 9.73 Å². The SMILES string of the molecule is Cc1nnc(CN=C(NC2CCCC2)N2CCOC(c3cnn(C)c3)C2)n1C. The quantitative estimate of drug-likeness (QED) is 0.630. The maximum atomic E-state index is 6.01. The Kier molecular flexibility index (Phi) is 5.61. The first kappa shape index (κ1) is 18.9. The fourth-order valence-corrected chi connectivity index (χ4v) is 3.87. The third-order valence-electron chi connectivity index (χ3n) is 5.70. The number of rotatable bonds is 4. The number of morpholine rings is 1. The van der Waals surface area contributed by atoms with Crippen LogP contribution in [0.3, 0.4) is 0 Å². The van der Waals surface area contributed by atoms with Crippen molar-refractivity contribution in [2.75, 3.05) is 19.7 Å². The van der Waals surface area contributed by atoms with Gasteiger partial charge in [-0.25, -0.2) is 4.99 Å². The summed E-state index contributed by atoms with van der Waals surface area (Å²) in [6.45, 7) is 4.74. The molecule has 9 nitrogen and oxygen atoms in total. The van der Waals surface area contributed by atoms with Gasteiger partial charge >= 0.3 is 0 Å². The molecule has 2 fully saturated rings. The lowest BCUT2D eigenvalue weighted by Gasteiger charge is -2.35. The van der Waals surface area contributed by atoms with Crippen LogP contribution in [0.2, 0.25) is 0 Å². The number of hydrogen-bond donors (Lipinski definition) is 1. The summed E-state index contributed by atoms with van der Waals surface area (Å²) in [4.78, 5) is 7.23. The fraction of sp³-hybridized carbons (Fsp3) is 0.684. The molecule has 1 N–H and O–H groups in total. The summed E-state index contributed by atoms with van der Waals surface area (Å²) >= 11 is 0. The maximum Gasteiger partial charge on any atom is 0.194 e. The Morgan fingerprint density at radius 3 is 2.79 bits per heavy atom. The molecule has 9 heteroatoms. The zero-order chi connectivity index (χ0) is 19.5. The van der Waals surface area contributed by atoms with Crippen LogP contribution < -0.4 is 5.32 Å². The molecule has 3 heterocycles. The molecule has 2 aromatic rings. The first-order valence-corrected chi connectivity index (χ1v) is 10.1. The largest absolute Gasteiger partial charge is 0.370 e. The molecule has 0 aromatic carbocycles. The Labute approximate surface area is 165 Å². The predicted molar refractivity (Wildman–Crippen MR) is 106 cm³/mol. The number of ether oxygens (including phenoxy) is 1. The Hall–Kier alpha value is -2.42. The molecule has 2 aliphatic rings. The van der Waals surface area contributed by atoms with Crippen LogP contribution in [0.1, 0.15) is 49.0 Å². The van der Waals surface area contributed by atoms with E-state index >= 15 is 0 Å². The molecular formula is C19H30N8O. The molecule has 28 heavy (non-hydrogen) atoms. The van der Waals surface area contributed by atoms with Crippen LogP contribution in [0.5, 0.6) is 0 Å². The lowest BCUT2D eigenvalue weighted by molar-refractivity contribution is -0.00828. The minimum Gasteiger partial charge on any atom is -0.370 e. The summed E-state index contributed by atoms with van der Waals surface area (Å²) in [6, 6.07) is 0.500. The van der Waals surface area contributed by atoms with E-state index < -0.39 is 0 Å². The van der Waals surface area contributed by atoms with Crippen molar-refractivity contribution in [3.8, 4) is 0 Å². The molecule has 0 spiro atoms. The van der Waals surface area contributed by atoms with Gasteiger partial charge in [0.1, 0.15) is 18.5 Å². The fourth-order valence-electron chi connectivity index (χ4n) is 3.87. The van der Waals surface area contributed by atoms with Crippen LogP contribution in [0.4, 0.5) is 0 Å². The summed E-state index contributed by atoms with van der Waals surface area (Å²) in [5, 5.41) is 16.4. The van der Waals surface area contributed by atoms with E-state index in [9.17, 15) is 0 Å². The molecule has 1 saturated heterocycles. The Balaban J connectivity index is 1.51. The van der Waals surface area contributed by atoms with Gasteiger partial charge in [-0.05, 0) is 19.8 Å². The third kappa shape index (κ3) is 4.19. The number of nitrogens with one attached hydrogen (secondary N) is 1. The van der Waals surface area contributed by atoms with Gasteiger partial charge in [0.25, 0.3) is 0 Å². The van der Waals surface area contributed by atoms with E-state index in [2.05, 4.69) is 25.5 Å². The summed E-state index contributed by atoms with van der Waals surface area (Å²) in [5.74, 6) is 2.73. The van der Waals surface area contributed by atoms with Crippen LogP contribution in [0.15, 0.2) is 17.4 Å². The summed E-state index contributed by atoms with van der Waals surface area (Å²) in [6.07, 6.45) is 8.91. The lowest BCUT2D eigenvalue weighted by atomic mass is 10.1. The van der Waals surface area contributed by atoms with E-state index in [0.717, 1.165) is 36.3 Å². The van der Waals surface area contributed by atoms with Crippen molar-refractivity contribution in [1.29, 1.82) is 0 Å². The number of aryl methyl sites for hydroxylation is 2. The average molecular weight is 387 g/mol. The van der Waals surface area contributed by atoms with Gasteiger partial charge in [0.05, 0.1) is 19.3 Å². The van der Waals surface area contributed by atoms with Crippen LogP contribution in [0, 0.1) is 6.92 Å². The summed E-state index contributed by atoms with van der Waals surface area (Å²) in [7, 11) is 3.92. The Bertz CT molecular complexity index is 820. The van der Waals surface area contributed by atoms with Crippen molar-refractivity contribution >= 4 is 5.96 Å². The molecule has 1 aliphatic carbocycles. The van der Waals surface area contributed by atoms with Crippen molar-refractivity contribution in [2.24, 2.45) is 19.1 Å². The summed E-state index contributed by atoms with van der Waals surface area (Å²) in [5.41, 5.74) is 1.11. The minimum atomic E-state index is 0.00935. The van der Waals surface area contributed by atoms with Crippen molar-refractivity contribution in [3.63, 3.8) is 0 Å². The minimum absolute atomic E-state index is 0.00935. The lowest BCUT2D eigenvalue weighted by Crippen LogP contribution is -2.50. The predicted octanol–water partition coefficient (Wildman–Crippen LogP) is 1.32. The molecule has 1 atom stereocenters. The molecule has 1 saturated carbocycles. The van der Waals surface area contributed by atoms with Crippen LogP contribution in [-0.4, -0.2) is 61.1 Å². The van der Waals surface area contributed by atoms with Crippen molar-refractivity contribution in [1.82, 2.24) is 34.8 Å².